The number of hydrogen-bond donors (Lipinski definition) is 4. The maximum absolute atomic E-state index is 13.1. The van der Waals surface area contributed by atoms with Crippen LogP contribution in [0.25, 0.3) is 11.3 Å². The summed E-state index contributed by atoms with van der Waals surface area (Å²) in [4.78, 5) is 44.1. The van der Waals surface area contributed by atoms with Crippen LogP contribution in [0.5, 0.6) is 0 Å². The monoisotopic (exact) mass is 623 g/mol. The van der Waals surface area contributed by atoms with Crippen molar-refractivity contribution in [1.29, 1.82) is 0 Å². The molecule has 1 aliphatic heterocycles. The molecule has 0 bridgehead atoms. The van der Waals surface area contributed by atoms with Crippen molar-refractivity contribution in [3.63, 3.8) is 0 Å². The van der Waals surface area contributed by atoms with Gasteiger partial charge in [-0.25, -0.2) is 9.78 Å². The molecule has 2 amide bonds. The van der Waals surface area contributed by atoms with E-state index in [0.29, 0.717) is 54.3 Å². The summed E-state index contributed by atoms with van der Waals surface area (Å²) in [6, 6.07) is 18.8. The van der Waals surface area contributed by atoms with Crippen molar-refractivity contribution in [2.24, 2.45) is 12.8 Å². The van der Waals surface area contributed by atoms with Gasteiger partial charge in [0.2, 0.25) is 0 Å². The number of aromatic nitrogens is 2. The van der Waals surface area contributed by atoms with Gasteiger partial charge in [-0.3, -0.25) is 9.59 Å². The number of amides is 2. The summed E-state index contributed by atoms with van der Waals surface area (Å²) in [6.07, 6.45) is 2.03. The predicted molar refractivity (Wildman–Crippen MR) is 183 cm³/mol. The summed E-state index contributed by atoms with van der Waals surface area (Å²) in [7, 11) is 1.67. The van der Waals surface area contributed by atoms with E-state index in [1.54, 1.807) is 19.3 Å². The molecule has 0 unspecified atom stereocenters. The number of nitrogens with zero attached hydrogens (tertiary/aromatic N) is 3. The standard InChI is InChI=1S/C35H41N7O4/c1-21-26(7-6-8-28(21)40-32(43)22-9-11-23(12-10-22)35(2,3)4)29-20-41(5)33(44)31(39-29)38-24-13-14-30(27(36)19-24)42-17-15-25(16-18-42)46-34(37)45/h6-14,19-20,25H,15-18,36H2,1-5H3,(H2,37,45)(H,38,39)(H,40,43). The number of rotatable bonds is 7. The number of aryl methyl sites for hydroxylation is 1. The van der Waals surface area contributed by atoms with Crippen molar-refractivity contribution in [3.8, 4) is 11.3 Å². The first-order chi connectivity index (χ1) is 21.8. The van der Waals surface area contributed by atoms with Crippen LogP contribution < -0.4 is 32.6 Å². The lowest BCUT2D eigenvalue weighted by Crippen LogP contribution is -2.39. The summed E-state index contributed by atoms with van der Waals surface area (Å²) in [5.74, 6) is -0.0646. The van der Waals surface area contributed by atoms with Crippen LogP contribution in [-0.4, -0.2) is 40.7 Å². The highest BCUT2D eigenvalue weighted by Gasteiger charge is 2.23. The Morgan fingerprint density at radius 1 is 1.02 bits per heavy atom. The van der Waals surface area contributed by atoms with Crippen LogP contribution in [0, 0.1) is 6.92 Å². The van der Waals surface area contributed by atoms with E-state index < -0.39 is 6.09 Å². The lowest BCUT2D eigenvalue weighted by Gasteiger charge is -2.33. The quantitative estimate of drug-likeness (QED) is 0.191. The Kier molecular flexibility index (Phi) is 9.04. The fraction of sp³-hybridized carbons (Fsp3) is 0.314. The summed E-state index contributed by atoms with van der Waals surface area (Å²) < 4.78 is 6.60. The van der Waals surface area contributed by atoms with Crippen LogP contribution in [0.3, 0.4) is 0 Å². The lowest BCUT2D eigenvalue weighted by atomic mass is 9.86. The second-order valence-corrected chi connectivity index (χ2v) is 12.7. The highest BCUT2D eigenvalue weighted by Crippen LogP contribution is 2.32. The molecule has 1 aliphatic rings. The number of benzene rings is 3. The van der Waals surface area contributed by atoms with E-state index in [0.717, 1.165) is 22.4 Å². The third-order valence-corrected chi connectivity index (χ3v) is 8.30. The van der Waals surface area contributed by atoms with Gasteiger partial charge in [0.1, 0.15) is 6.10 Å². The molecule has 1 fully saturated rings. The Labute approximate surface area is 268 Å². The third kappa shape index (κ3) is 7.14. The Hall–Kier alpha value is -5.32. The van der Waals surface area contributed by atoms with Crippen LogP contribution in [0.15, 0.2) is 71.7 Å². The van der Waals surface area contributed by atoms with Gasteiger partial charge in [-0.05, 0) is 59.9 Å². The van der Waals surface area contributed by atoms with Crippen molar-refractivity contribution in [3.05, 3.63) is 93.9 Å². The highest BCUT2D eigenvalue weighted by atomic mass is 16.6. The maximum Gasteiger partial charge on any atom is 0.404 e. The molecule has 0 spiro atoms. The molecule has 0 aliphatic carbocycles. The van der Waals surface area contributed by atoms with Crippen molar-refractivity contribution in [2.75, 3.05) is 34.4 Å². The molecule has 2 heterocycles. The summed E-state index contributed by atoms with van der Waals surface area (Å²) in [5, 5.41) is 6.17. The summed E-state index contributed by atoms with van der Waals surface area (Å²) in [5.41, 5.74) is 17.8. The third-order valence-electron chi connectivity index (χ3n) is 8.30. The molecular weight excluding hydrogens is 582 g/mol. The van der Waals surface area contributed by atoms with Gasteiger partial charge in [0.25, 0.3) is 11.5 Å². The molecule has 0 atom stereocenters. The van der Waals surface area contributed by atoms with E-state index in [2.05, 4.69) is 41.3 Å². The van der Waals surface area contributed by atoms with Crippen molar-refractivity contribution in [2.45, 2.75) is 52.1 Å². The van der Waals surface area contributed by atoms with Gasteiger partial charge < -0.3 is 36.3 Å². The van der Waals surface area contributed by atoms with E-state index in [1.807, 2.05) is 61.5 Å². The molecular formula is C35H41N7O4. The zero-order valence-corrected chi connectivity index (χ0v) is 26.9. The van der Waals surface area contributed by atoms with Gasteiger partial charge in [0.05, 0.1) is 17.1 Å². The molecule has 0 saturated carbocycles. The molecule has 3 aromatic carbocycles. The Morgan fingerprint density at radius 2 is 1.72 bits per heavy atom. The minimum absolute atomic E-state index is 0.00479. The van der Waals surface area contributed by atoms with Gasteiger partial charge in [0.15, 0.2) is 5.82 Å². The number of nitrogens with one attached hydrogen (secondary N) is 2. The SMILES string of the molecule is Cc1c(NC(=O)c2ccc(C(C)(C)C)cc2)cccc1-c1cn(C)c(=O)c(Nc2ccc(N3CCC(OC(N)=O)CC3)c(N)c2)n1. The van der Waals surface area contributed by atoms with E-state index in [4.69, 9.17) is 16.2 Å². The topological polar surface area (TPSA) is 158 Å². The van der Waals surface area contributed by atoms with Crippen LogP contribution in [0.1, 0.15) is 55.1 Å². The summed E-state index contributed by atoms with van der Waals surface area (Å²) >= 11 is 0. The first-order valence-corrected chi connectivity index (χ1v) is 15.3. The number of piperidine rings is 1. The van der Waals surface area contributed by atoms with Gasteiger partial charge in [-0.2, -0.15) is 0 Å². The summed E-state index contributed by atoms with van der Waals surface area (Å²) in [6.45, 7) is 9.65. The number of nitrogens with two attached hydrogens (primary N) is 2. The van der Waals surface area contributed by atoms with Crippen LogP contribution in [-0.2, 0) is 17.2 Å². The van der Waals surface area contributed by atoms with Gasteiger partial charge in [-0.15, -0.1) is 0 Å². The molecule has 5 rings (SSSR count). The van der Waals surface area contributed by atoms with Gasteiger partial charge in [-0.1, -0.05) is 45.0 Å². The first kappa shape index (κ1) is 32.1. The minimum atomic E-state index is -0.760. The lowest BCUT2D eigenvalue weighted by molar-refractivity contribution is 0.0912. The molecule has 11 nitrogen and oxygen atoms in total. The van der Waals surface area contributed by atoms with E-state index >= 15 is 0 Å². The average Bonchev–Trinajstić information content (AvgIpc) is 3.00. The zero-order chi connectivity index (χ0) is 33.2. The number of hydrogen-bond acceptors (Lipinski definition) is 8. The van der Waals surface area contributed by atoms with E-state index in [1.165, 1.54) is 4.57 Å². The molecule has 46 heavy (non-hydrogen) atoms. The fourth-order valence-electron chi connectivity index (χ4n) is 5.62. The Balaban J connectivity index is 1.34. The molecule has 1 aromatic heterocycles. The maximum atomic E-state index is 13.1. The highest BCUT2D eigenvalue weighted by molar-refractivity contribution is 6.05. The van der Waals surface area contributed by atoms with Crippen LogP contribution >= 0.6 is 0 Å². The Morgan fingerprint density at radius 3 is 2.35 bits per heavy atom. The predicted octanol–water partition coefficient (Wildman–Crippen LogP) is 5.70. The fourth-order valence-corrected chi connectivity index (χ4v) is 5.62. The van der Waals surface area contributed by atoms with Gasteiger partial charge >= 0.3 is 6.09 Å². The largest absolute Gasteiger partial charge is 0.446 e. The minimum Gasteiger partial charge on any atom is -0.446 e. The zero-order valence-electron chi connectivity index (χ0n) is 26.9. The number of carbonyl (C=O) groups excluding carboxylic acids is 2. The number of anilines is 5. The number of ether oxygens (including phenoxy) is 1. The molecule has 1 saturated heterocycles. The molecule has 4 aromatic rings. The number of primary amides is 1. The van der Waals surface area contributed by atoms with Crippen molar-refractivity contribution in [1.82, 2.24) is 9.55 Å². The normalized spacial score (nSPS) is 13.7. The second kappa shape index (κ2) is 13.0. The smallest absolute Gasteiger partial charge is 0.404 e. The molecule has 0 radical (unpaired) electrons. The van der Waals surface area contributed by atoms with Gasteiger partial charge in [0, 0.05) is 61.7 Å². The van der Waals surface area contributed by atoms with Crippen LogP contribution in [0.4, 0.5) is 33.4 Å². The van der Waals surface area contributed by atoms with E-state index in [9.17, 15) is 14.4 Å². The average molecular weight is 624 g/mol. The second-order valence-electron chi connectivity index (χ2n) is 12.7. The van der Waals surface area contributed by atoms with Crippen LogP contribution in [0.2, 0.25) is 0 Å². The molecule has 6 N–H and O–H groups in total. The number of carbonyl (C=O) groups is 2. The van der Waals surface area contributed by atoms with Crippen molar-refractivity contribution >= 4 is 40.6 Å². The first-order valence-electron chi connectivity index (χ1n) is 15.3. The Bertz CT molecular complexity index is 1820. The molecule has 240 valence electrons. The number of nitrogen functional groups attached to an aromatic ring is 1. The van der Waals surface area contributed by atoms with Crippen molar-refractivity contribution < 1.29 is 14.3 Å². The van der Waals surface area contributed by atoms with E-state index in [-0.39, 0.29) is 28.8 Å². The molecule has 11 heteroatoms.